The molecule has 5 heteroatoms. The van der Waals surface area contributed by atoms with Gasteiger partial charge < -0.3 is 10.8 Å². The monoisotopic (exact) mass is 261 g/mol. The van der Waals surface area contributed by atoms with Crippen molar-refractivity contribution in [1.29, 1.82) is 0 Å². The van der Waals surface area contributed by atoms with Crippen molar-refractivity contribution in [2.24, 2.45) is 11.1 Å². The SMILES string of the molecule is N[C@@H](Cc1ccccc1)C(O)C(CF)(CF)CF. The van der Waals surface area contributed by atoms with Crippen LogP contribution in [-0.2, 0) is 6.42 Å². The molecule has 0 amide bonds. The summed E-state index contributed by atoms with van der Waals surface area (Å²) >= 11 is 0. The molecule has 0 aliphatic rings. The van der Waals surface area contributed by atoms with Gasteiger partial charge in [0.15, 0.2) is 0 Å². The van der Waals surface area contributed by atoms with Crippen LogP contribution < -0.4 is 5.73 Å². The number of aliphatic hydroxyl groups is 1. The molecule has 0 aliphatic heterocycles. The molecule has 102 valence electrons. The fraction of sp³-hybridized carbons (Fsp3) is 0.538. The highest BCUT2D eigenvalue weighted by molar-refractivity contribution is 5.16. The molecule has 0 spiro atoms. The van der Waals surface area contributed by atoms with E-state index in [1.165, 1.54) is 0 Å². The van der Waals surface area contributed by atoms with E-state index in [-0.39, 0.29) is 6.42 Å². The van der Waals surface area contributed by atoms with Crippen LogP contribution in [0.15, 0.2) is 30.3 Å². The third kappa shape index (κ3) is 3.23. The molecule has 0 aliphatic carbocycles. The van der Waals surface area contributed by atoms with Crippen LogP contribution in [0.2, 0.25) is 0 Å². The van der Waals surface area contributed by atoms with Crippen LogP contribution in [0.3, 0.4) is 0 Å². The highest BCUT2D eigenvalue weighted by atomic mass is 19.1. The van der Waals surface area contributed by atoms with E-state index >= 15 is 0 Å². The molecule has 1 rings (SSSR count). The second kappa shape index (κ2) is 6.75. The summed E-state index contributed by atoms with van der Waals surface area (Å²) in [4.78, 5) is 0. The van der Waals surface area contributed by atoms with Crippen molar-refractivity contribution in [1.82, 2.24) is 0 Å². The highest BCUT2D eigenvalue weighted by Gasteiger charge is 2.42. The molecule has 1 aromatic rings. The average molecular weight is 261 g/mol. The van der Waals surface area contributed by atoms with Crippen molar-refractivity contribution in [3.05, 3.63) is 35.9 Å². The zero-order valence-electron chi connectivity index (χ0n) is 10.0. The number of benzene rings is 1. The van der Waals surface area contributed by atoms with Gasteiger partial charge in [0.1, 0.15) is 20.0 Å². The second-order valence-electron chi connectivity index (χ2n) is 4.56. The average Bonchev–Trinajstić information content (AvgIpc) is 2.42. The summed E-state index contributed by atoms with van der Waals surface area (Å²) in [5.74, 6) is 0. The number of rotatable bonds is 7. The van der Waals surface area contributed by atoms with Crippen molar-refractivity contribution < 1.29 is 18.3 Å². The Bertz CT molecular complexity index is 335. The topological polar surface area (TPSA) is 46.2 Å². The highest BCUT2D eigenvalue weighted by Crippen LogP contribution is 2.27. The van der Waals surface area contributed by atoms with Crippen LogP contribution in [0.25, 0.3) is 0 Å². The molecule has 3 N–H and O–H groups in total. The van der Waals surface area contributed by atoms with Crippen LogP contribution in [0.1, 0.15) is 5.56 Å². The van der Waals surface area contributed by atoms with E-state index in [9.17, 15) is 18.3 Å². The van der Waals surface area contributed by atoms with Gasteiger partial charge in [0, 0.05) is 6.04 Å². The largest absolute Gasteiger partial charge is 0.391 e. The molecular formula is C13H18F3NO. The van der Waals surface area contributed by atoms with Crippen molar-refractivity contribution in [3.8, 4) is 0 Å². The predicted octanol–water partition coefficient (Wildman–Crippen LogP) is 1.81. The summed E-state index contributed by atoms with van der Waals surface area (Å²) in [6.07, 6.45) is -1.32. The first kappa shape index (κ1) is 15.0. The Labute approximate surface area is 105 Å². The molecule has 0 radical (unpaired) electrons. The van der Waals surface area contributed by atoms with E-state index in [0.717, 1.165) is 5.56 Å². The lowest BCUT2D eigenvalue weighted by Crippen LogP contribution is -2.52. The Balaban J connectivity index is 2.74. The minimum atomic E-state index is -2.03. The van der Waals surface area contributed by atoms with Crippen molar-refractivity contribution in [3.63, 3.8) is 0 Å². The van der Waals surface area contributed by atoms with Crippen molar-refractivity contribution >= 4 is 0 Å². The minimum absolute atomic E-state index is 0.240. The van der Waals surface area contributed by atoms with Crippen LogP contribution in [0, 0.1) is 5.41 Å². The quantitative estimate of drug-likeness (QED) is 0.786. The van der Waals surface area contributed by atoms with Gasteiger partial charge in [0.25, 0.3) is 0 Å². The van der Waals surface area contributed by atoms with Gasteiger partial charge in [0.05, 0.1) is 11.5 Å². The number of aliphatic hydroxyl groups excluding tert-OH is 1. The molecule has 0 aromatic heterocycles. The van der Waals surface area contributed by atoms with Gasteiger partial charge in [-0.1, -0.05) is 30.3 Å². The Morgan fingerprint density at radius 2 is 1.56 bits per heavy atom. The first-order valence-electron chi connectivity index (χ1n) is 5.75. The summed E-state index contributed by atoms with van der Waals surface area (Å²) in [5, 5.41) is 9.84. The molecule has 0 bridgehead atoms. The maximum absolute atomic E-state index is 12.8. The van der Waals surface area contributed by atoms with E-state index in [0.29, 0.717) is 0 Å². The van der Waals surface area contributed by atoms with Crippen LogP contribution >= 0.6 is 0 Å². The number of hydrogen-bond acceptors (Lipinski definition) is 2. The lowest BCUT2D eigenvalue weighted by atomic mass is 9.80. The maximum Gasteiger partial charge on any atom is 0.103 e. The van der Waals surface area contributed by atoms with E-state index in [4.69, 9.17) is 5.73 Å². The lowest BCUT2D eigenvalue weighted by Gasteiger charge is -2.33. The van der Waals surface area contributed by atoms with E-state index < -0.39 is 37.6 Å². The molecule has 0 fully saturated rings. The van der Waals surface area contributed by atoms with Crippen LogP contribution in [-0.4, -0.2) is 37.3 Å². The van der Waals surface area contributed by atoms with E-state index in [1.54, 1.807) is 24.3 Å². The number of nitrogens with two attached hydrogens (primary N) is 1. The zero-order valence-corrected chi connectivity index (χ0v) is 10.0. The second-order valence-corrected chi connectivity index (χ2v) is 4.56. The maximum atomic E-state index is 12.8. The standard InChI is InChI=1S/C13H18F3NO/c14-7-13(8-15,9-16)12(18)11(17)6-10-4-2-1-3-5-10/h1-5,11-12,18H,6-9,17H2/t11-,12?/m0/s1. The molecule has 0 saturated heterocycles. The van der Waals surface area contributed by atoms with Gasteiger partial charge in [-0.05, 0) is 12.0 Å². The predicted molar refractivity (Wildman–Crippen MR) is 64.5 cm³/mol. The van der Waals surface area contributed by atoms with Gasteiger partial charge in [-0.15, -0.1) is 0 Å². The summed E-state index contributed by atoms with van der Waals surface area (Å²) in [5.41, 5.74) is 4.51. The number of hydrogen-bond donors (Lipinski definition) is 2. The van der Waals surface area contributed by atoms with Crippen molar-refractivity contribution in [2.45, 2.75) is 18.6 Å². The molecule has 1 unspecified atom stereocenters. The van der Waals surface area contributed by atoms with E-state index in [2.05, 4.69) is 0 Å². The molecule has 1 aromatic carbocycles. The van der Waals surface area contributed by atoms with Crippen LogP contribution in [0.4, 0.5) is 13.2 Å². The fourth-order valence-corrected chi connectivity index (χ4v) is 1.80. The number of alkyl halides is 3. The summed E-state index contributed by atoms with van der Waals surface area (Å²) in [6, 6.07) is 8.07. The third-order valence-corrected chi connectivity index (χ3v) is 3.15. The van der Waals surface area contributed by atoms with Gasteiger partial charge in [0.2, 0.25) is 0 Å². The normalized spacial score (nSPS) is 15.4. The molecule has 0 heterocycles. The van der Waals surface area contributed by atoms with Gasteiger partial charge in [-0.25, -0.2) is 0 Å². The number of halogens is 3. The molecule has 2 atom stereocenters. The molecule has 2 nitrogen and oxygen atoms in total. The summed E-state index contributed by atoms with van der Waals surface area (Å²) in [7, 11) is 0. The van der Waals surface area contributed by atoms with E-state index in [1.807, 2.05) is 6.07 Å². The molecule has 18 heavy (non-hydrogen) atoms. The van der Waals surface area contributed by atoms with Crippen LogP contribution in [0.5, 0.6) is 0 Å². The molecular weight excluding hydrogens is 243 g/mol. The zero-order chi connectivity index (χ0) is 13.6. The lowest BCUT2D eigenvalue weighted by molar-refractivity contribution is -0.0412. The van der Waals surface area contributed by atoms with Gasteiger partial charge >= 0.3 is 0 Å². The first-order chi connectivity index (χ1) is 8.59. The third-order valence-electron chi connectivity index (χ3n) is 3.15. The summed E-state index contributed by atoms with van der Waals surface area (Å²) in [6.45, 7) is -3.82. The van der Waals surface area contributed by atoms with Gasteiger partial charge in [-0.3, -0.25) is 13.2 Å². The van der Waals surface area contributed by atoms with Crippen molar-refractivity contribution in [2.75, 3.05) is 20.0 Å². The Morgan fingerprint density at radius 1 is 1.06 bits per heavy atom. The Kier molecular flexibility index (Phi) is 5.62. The fourth-order valence-electron chi connectivity index (χ4n) is 1.80. The Hall–Kier alpha value is -1.07. The molecule has 0 saturated carbocycles. The smallest absolute Gasteiger partial charge is 0.103 e. The first-order valence-corrected chi connectivity index (χ1v) is 5.75. The minimum Gasteiger partial charge on any atom is -0.391 e. The Morgan fingerprint density at radius 3 is 2.00 bits per heavy atom. The van der Waals surface area contributed by atoms with Gasteiger partial charge in [-0.2, -0.15) is 0 Å². The summed E-state index contributed by atoms with van der Waals surface area (Å²) < 4.78 is 38.3.